The summed E-state index contributed by atoms with van der Waals surface area (Å²) in [7, 11) is 0. The molecule has 0 bridgehead atoms. The van der Waals surface area contributed by atoms with Crippen LogP contribution >= 0.6 is 0 Å². The first-order chi connectivity index (χ1) is 15.1. The van der Waals surface area contributed by atoms with Gasteiger partial charge in [-0.2, -0.15) is 0 Å². The van der Waals surface area contributed by atoms with E-state index in [-0.39, 0.29) is 24.4 Å². The van der Waals surface area contributed by atoms with Crippen molar-refractivity contribution in [2.45, 2.75) is 25.8 Å². The van der Waals surface area contributed by atoms with Gasteiger partial charge in [-0.05, 0) is 42.2 Å². The largest absolute Gasteiger partial charge is 0.374 e. The van der Waals surface area contributed by atoms with Crippen molar-refractivity contribution in [1.82, 2.24) is 5.32 Å². The highest BCUT2D eigenvalue weighted by molar-refractivity contribution is 5.98. The van der Waals surface area contributed by atoms with Gasteiger partial charge in [-0.1, -0.05) is 66.7 Å². The summed E-state index contributed by atoms with van der Waals surface area (Å²) in [6.45, 7) is 2.84. The molecule has 0 aromatic heterocycles. The van der Waals surface area contributed by atoms with Gasteiger partial charge in [-0.15, -0.1) is 0 Å². The topological polar surface area (TPSA) is 61.4 Å². The number of amides is 2. The highest BCUT2D eigenvalue weighted by atomic mass is 16.2. The average molecular weight is 414 g/mol. The molecule has 0 spiro atoms. The Hall–Kier alpha value is -3.60. The van der Waals surface area contributed by atoms with Gasteiger partial charge in [0.1, 0.15) is 0 Å². The highest BCUT2D eigenvalue weighted by Gasteiger charge is 2.23. The maximum Gasteiger partial charge on any atom is 0.239 e. The van der Waals surface area contributed by atoms with Crippen molar-refractivity contribution < 1.29 is 9.59 Å². The number of hydrogen-bond donors (Lipinski definition) is 2. The second kappa shape index (κ2) is 9.47. The fraction of sp³-hybridized carbons (Fsp3) is 0.231. The molecule has 2 N–H and O–H groups in total. The first kappa shape index (κ1) is 20.7. The molecule has 5 nitrogen and oxygen atoms in total. The molecule has 5 heteroatoms. The Morgan fingerprint density at radius 3 is 2.32 bits per heavy atom. The van der Waals surface area contributed by atoms with E-state index in [1.165, 1.54) is 5.56 Å². The van der Waals surface area contributed by atoms with Gasteiger partial charge in [0.15, 0.2) is 0 Å². The van der Waals surface area contributed by atoms with E-state index in [2.05, 4.69) is 47.0 Å². The van der Waals surface area contributed by atoms with Gasteiger partial charge >= 0.3 is 0 Å². The molecule has 0 saturated carbocycles. The number of carbonyl (C=O) groups is 2. The van der Waals surface area contributed by atoms with E-state index in [9.17, 15) is 9.59 Å². The van der Waals surface area contributed by atoms with Crippen molar-refractivity contribution >= 4 is 23.2 Å². The third-order valence-electron chi connectivity index (χ3n) is 5.60. The zero-order valence-corrected chi connectivity index (χ0v) is 17.7. The molecular weight excluding hydrogens is 386 g/mol. The van der Waals surface area contributed by atoms with Crippen LogP contribution in [0.1, 0.15) is 31.4 Å². The summed E-state index contributed by atoms with van der Waals surface area (Å²) in [5, 5.41) is 6.23. The molecule has 31 heavy (non-hydrogen) atoms. The minimum Gasteiger partial charge on any atom is -0.374 e. The number of hydrogen-bond acceptors (Lipinski definition) is 3. The molecule has 2 amide bonds. The number of para-hydroxylation sites is 2. The number of nitrogens with one attached hydrogen (secondary N) is 2. The lowest BCUT2D eigenvalue weighted by Gasteiger charge is -2.21. The standard InChI is InChI=1S/C26H27N3O2/c1-19(20-13-15-22(16-14-20)21-8-3-2-4-9-21)28-25(30)18-27-23-10-5-6-11-24(23)29-17-7-12-26(29)31/h2-6,8-11,13-16,19,27H,7,12,17-18H2,1H3,(H,28,30)/t19-/m1/s1. The van der Waals surface area contributed by atoms with Crippen molar-refractivity contribution in [3.05, 3.63) is 84.4 Å². The van der Waals surface area contributed by atoms with E-state index in [4.69, 9.17) is 0 Å². The van der Waals surface area contributed by atoms with Gasteiger partial charge in [0.25, 0.3) is 0 Å². The van der Waals surface area contributed by atoms with E-state index in [1.807, 2.05) is 49.4 Å². The van der Waals surface area contributed by atoms with Crippen LogP contribution in [0.2, 0.25) is 0 Å². The quantitative estimate of drug-likeness (QED) is 0.587. The Kier molecular flexibility index (Phi) is 6.32. The number of anilines is 2. The van der Waals surface area contributed by atoms with Crippen LogP contribution in [0.15, 0.2) is 78.9 Å². The van der Waals surface area contributed by atoms with Gasteiger partial charge in [0, 0.05) is 13.0 Å². The molecule has 0 radical (unpaired) electrons. The lowest BCUT2D eigenvalue weighted by molar-refractivity contribution is -0.120. The fourth-order valence-corrected chi connectivity index (χ4v) is 3.91. The zero-order chi connectivity index (χ0) is 21.6. The predicted molar refractivity (Wildman–Crippen MR) is 125 cm³/mol. The van der Waals surface area contributed by atoms with Gasteiger partial charge in [0.2, 0.25) is 11.8 Å². The molecule has 4 rings (SSSR count). The van der Waals surface area contributed by atoms with E-state index in [1.54, 1.807) is 4.90 Å². The van der Waals surface area contributed by atoms with Gasteiger partial charge in [0.05, 0.1) is 24.0 Å². The molecule has 1 aliphatic rings. The van der Waals surface area contributed by atoms with Crippen LogP contribution in [-0.4, -0.2) is 24.9 Å². The van der Waals surface area contributed by atoms with Crippen molar-refractivity contribution in [3.8, 4) is 11.1 Å². The first-order valence-corrected chi connectivity index (χ1v) is 10.7. The minimum absolute atomic E-state index is 0.0952. The van der Waals surface area contributed by atoms with Crippen LogP contribution in [0.3, 0.4) is 0 Å². The van der Waals surface area contributed by atoms with Crippen molar-refractivity contribution in [2.24, 2.45) is 0 Å². The number of carbonyl (C=O) groups excluding carboxylic acids is 2. The van der Waals surface area contributed by atoms with E-state index < -0.39 is 0 Å². The Balaban J connectivity index is 1.35. The predicted octanol–water partition coefficient (Wildman–Crippen LogP) is 4.77. The van der Waals surface area contributed by atoms with E-state index in [0.29, 0.717) is 6.42 Å². The third-order valence-corrected chi connectivity index (χ3v) is 5.60. The second-order valence-electron chi connectivity index (χ2n) is 7.80. The molecule has 0 unspecified atom stereocenters. The molecule has 1 aliphatic heterocycles. The Morgan fingerprint density at radius 1 is 0.935 bits per heavy atom. The van der Waals surface area contributed by atoms with Crippen LogP contribution in [0.4, 0.5) is 11.4 Å². The van der Waals surface area contributed by atoms with Crippen molar-refractivity contribution in [3.63, 3.8) is 0 Å². The summed E-state index contributed by atoms with van der Waals surface area (Å²) in [4.78, 5) is 26.4. The van der Waals surface area contributed by atoms with Crippen LogP contribution in [0, 0.1) is 0 Å². The van der Waals surface area contributed by atoms with Gasteiger partial charge in [-0.25, -0.2) is 0 Å². The summed E-state index contributed by atoms with van der Waals surface area (Å²) < 4.78 is 0. The van der Waals surface area contributed by atoms with Crippen LogP contribution in [-0.2, 0) is 9.59 Å². The molecule has 1 saturated heterocycles. The highest BCUT2D eigenvalue weighted by Crippen LogP contribution is 2.29. The Labute approximate surface area is 183 Å². The minimum atomic E-state index is -0.102. The van der Waals surface area contributed by atoms with Gasteiger partial charge in [-0.3, -0.25) is 9.59 Å². The molecule has 1 atom stereocenters. The van der Waals surface area contributed by atoms with Crippen LogP contribution in [0.5, 0.6) is 0 Å². The summed E-state index contributed by atoms with van der Waals surface area (Å²) in [6.07, 6.45) is 1.45. The summed E-state index contributed by atoms with van der Waals surface area (Å²) >= 11 is 0. The van der Waals surface area contributed by atoms with Gasteiger partial charge < -0.3 is 15.5 Å². The fourth-order valence-electron chi connectivity index (χ4n) is 3.91. The smallest absolute Gasteiger partial charge is 0.239 e. The number of benzene rings is 3. The van der Waals surface area contributed by atoms with E-state index >= 15 is 0 Å². The lowest BCUT2D eigenvalue weighted by atomic mass is 10.0. The van der Waals surface area contributed by atoms with Crippen LogP contribution < -0.4 is 15.5 Å². The monoisotopic (exact) mass is 413 g/mol. The van der Waals surface area contributed by atoms with Crippen molar-refractivity contribution in [1.29, 1.82) is 0 Å². The Bertz CT molecular complexity index is 1050. The summed E-state index contributed by atoms with van der Waals surface area (Å²) in [5.74, 6) is 0.0356. The number of nitrogens with zero attached hydrogens (tertiary/aromatic N) is 1. The van der Waals surface area contributed by atoms with E-state index in [0.717, 1.165) is 35.5 Å². The number of rotatable bonds is 7. The third kappa shape index (κ3) is 4.94. The lowest BCUT2D eigenvalue weighted by Crippen LogP contribution is -2.32. The maximum absolute atomic E-state index is 12.5. The zero-order valence-electron chi connectivity index (χ0n) is 17.7. The summed E-state index contributed by atoms with van der Waals surface area (Å²) in [5.41, 5.74) is 5.01. The molecule has 1 heterocycles. The SMILES string of the molecule is C[C@@H](NC(=O)CNc1ccccc1N1CCCC1=O)c1ccc(-c2ccccc2)cc1. The Morgan fingerprint density at radius 2 is 1.61 bits per heavy atom. The first-order valence-electron chi connectivity index (χ1n) is 10.7. The van der Waals surface area contributed by atoms with Crippen LogP contribution in [0.25, 0.3) is 11.1 Å². The molecule has 3 aromatic carbocycles. The normalized spacial score (nSPS) is 14.4. The second-order valence-corrected chi connectivity index (χ2v) is 7.80. The average Bonchev–Trinajstić information content (AvgIpc) is 3.24. The molecule has 1 fully saturated rings. The summed E-state index contributed by atoms with van der Waals surface area (Å²) in [6, 6.07) is 26.0. The maximum atomic E-state index is 12.5. The molecule has 3 aromatic rings. The van der Waals surface area contributed by atoms with Crippen molar-refractivity contribution in [2.75, 3.05) is 23.3 Å². The molecular formula is C26H27N3O2. The molecule has 0 aliphatic carbocycles. The molecule has 158 valence electrons.